The van der Waals surface area contributed by atoms with Gasteiger partial charge in [-0.15, -0.1) is 16.5 Å². The van der Waals surface area contributed by atoms with Gasteiger partial charge in [-0.25, -0.2) is 4.79 Å². The third kappa shape index (κ3) is 4.09. The molecule has 0 aromatic heterocycles. The maximum atomic E-state index is 10.9. The van der Waals surface area contributed by atoms with Gasteiger partial charge in [-0.05, 0) is 0 Å². The van der Waals surface area contributed by atoms with E-state index in [2.05, 4.69) is 5.29 Å². The maximum absolute atomic E-state index is 10.9. The van der Waals surface area contributed by atoms with Crippen LogP contribution in [-0.4, -0.2) is 41.6 Å². The molecule has 0 aliphatic carbocycles. The molecule has 0 aromatic carbocycles. The van der Waals surface area contributed by atoms with Gasteiger partial charge in [-0.2, -0.15) is 5.43 Å². The van der Waals surface area contributed by atoms with E-state index in [0.717, 1.165) is 0 Å². The van der Waals surface area contributed by atoms with Gasteiger partial charge in [-0.3, -0.25) is 0 Å². The zero-order chi connectivity index (χ0) is 9.40. The maximum Gasteiger partial charge on any atom is 0.340 e. The molecule has 0 radical (unpaired) electrons. The fourth-order valence-corrected chi connectivity index (χ4v) is 0.851. The van der Waals surface area contributed by atoms with E-state index < -0.39 is 6.03 Å². The highest BCUT2D eigenvalue weighted by molar-refractivity contribution is 6.18. The second-order valence-corrected chi connectivity index (χ2v) is 2.29. The summed E-state index contributed by atoms with van der Waals surface area (Å²) in [7, 11) is 0. The second-order valence-electron chi connectivity index (χ2n) is 1.91. The number of hydrogen-bond acceptors (Lipinski definition) is 4. The lowest BCUT2D eigenvalue weighted by Crippen LogP contribution is -2.40. The summed E-state index contributed by atoms with van der Waals surface area (Å²) in [5.74, 6) is 0.242. The van der Waals surface area contributed by atoms with Gasteiger partial charge >= 0.3 is 6.03 Å². The normalized spacial score (nSPS) is 9.17. The lowest BCUT2D eigenvalue weighted by Gasteiger charge is -2.18. The number of amides is 2. The number of aliphatic hydroxyl groups excluding tert-OH is 1. The number of carbonyl (C=O) groups excluding carboxylic acids is 1. The van der Waals surface area contributed by atoms with Crippen molar-refractivity contribution in [1.29, 1.82) is 0 Å². The molecule has 0 heterocycles. The van der Waals surface area contributed by atoms with Crippen molar-refractivity contribution < 1.29 is 9.90 Å². The van der Waals surface area contributed by atoms with Crippen LogP contribution in [0.5, 0.6) is 0 Å². The summed E-state index contributed by atoms with van der Waals surface area (Å²) < 4.78 is 0. The number of halogens is 1. The Hall–Kier alpha value is -0.880. The number of urea groups is 1. The highest BCUT2D eigenvalue weighted by atomic mass is 35.5. The highest BCUT2D eigenvalue weighted by Crippen LogP contribution is 1.90. The topological polar surface area (TPSA) is 82.0 Å². The Balaban J connectivity index is 3.89. The minimum Gasteiger partial charge on any atom is -0.395 e. The molecule has 70 valence electrons. The molecule has 7 heteroatoms. The SMILES string of the molecule is O=NNC(=O)N(CCO)CCCl. The first kappa shape index (κ1) is 11.1. The monoisotopic (exact) mass is 195 g/mol. The predicted molar refractivity (Wildman–Crippen MR) is 43.7 cm³/mol. The summed E-state index contributed by atoms with van der Waals surface area (Å²) in [6.45, 7) is 0.223. The number of alkyl halides is 1. The molecule has 0 saturated carbocycles. The first-order valence-corrected chi connectivity index (χ1v) is 3.83. The van der Waals surface area contributed by atoms with Crippen molar-refractivity contribution in [2.24, 2.45) is 5.29 Å². The number of hydrogen-bond donors (Lipinski definition) is 2. The van der Waals surface area contributed by atoms with Crippen LogP contribution in [0.15, 0.2) is 5.29 Å². The fourth-order valence-electron chi connectivity index (χ4n) is 0.647. The Morgan fingerprint density at radius 1 is 1.58 bits per heavy atom. The number of nitrogens with one attached hydrogen (secondary N) is 1. The molecular weight excluding hydrogens is 186 g/mol. The van der Waals surface area contributed by atoms with Crippen LogP contribution < -0.4 is 5.43 Å². The van der Waals surface area contributed by atoms with Gasteiger partial charge in [-0.1, -0.05) is 0 Å². The van der Waals surface area contributed by atoms with Crippen molar-refractivity contribution in [3.8, 4) is 0 Å². The molecule has 6 nitrogen and oxygen atoms in total. The van der Waals surface area contributed by atoms with Crippen LogP contribution in [0.3, 0.4) is 0 Å². The Labute approximate surface area is 74.4 Å². The average Bonchev–Trinajstić information content (AvgIpc) is 2.04. The first-order valence-electron chi connectivity index (χ1n) is 3.30. The average molecular weight is 196 g/mol. The van der Waals surface area contributed by atoms with Crippen molar-refractivity contribution in [2.75, 3.05) is 25.6 Å². The Morgan fingerprint density at radius 2 is 2.25 bits per heavy atom. The molecule has 0 rings (SSSR count). The first-order chi connectivity index (χ1) is 5.76. The van der Waals surface area contributed by atoms with Gasteiger partial charge in [0.05, 0.1) is 11.9 Å². The molecule has 0 saturated heterocycles. The van der Waals surface area contributed by atoms with Gasteiger partial charge in [0.25, 0.3) is 0 Å². The van der Waals surface area contributed by atoms with E-state index in [9.17, 15) is 9.70 Å². The van der Waals surface area contributed by atoms with Gasteiger partial charge in [0.15, 0.2) is 0 Å². The van der Waals surface area contributed by atoms with E-state index in [4.69, 9.17) is 16.7 Å². The standard InChI is InChI=1S/C5H10ClN3O3/c6-1-2-9(3-4-10)5(11)7-8-12/h10H,1-4H2,(H,7,11,12). The van der Waals surface area contributed by atoms with Crippen LogP contribution in [0.1, 0.15) is 0 Å². The van der Waals surface area contributed by atoms with E-state index in [1.165, 1.54) is 4.90 Å². The lowest BCUT2D eigenvalue weighted by molar-refractivity contribution is 0.181. The zero-order valence-corrected chi connectivity index (χ0v) is 7.12. The van der Waals surface area contributed by atoms with Gasteiger partial charge in [0.1, 0.15) is 0 Å². The quantitative estimate of drug-likeness (QED) is 0.366. The Bertz CT molecular complexity index is 149. The van der Waals surface area contributed by atoms with Crippen LogP contribution in [0.2, 0.25) is 0 Å². The summed E-state index contributed by atoms with van der Waals surface area (Å²) in [5.41, 5.74) is 1.70. The molecule has 0 fully saturated rings. The summed E-state index contributed by atoms with van der Waals surface area (Å²) >= 11 is 5.36. The van der Waals surface area contributed by atoms with Crippen LogP contribution >= 0.6 is 11.6 Å². The van der Waals surface area contributed by atoms with Crippen molar-refractivity contribution >= 4 is 17.6 Å². The molecule has 12 heavy (non-hydrogen) atoms. The summed E-state index contributed by atoms with van der Waals surface area (Å²) in [6.07, 6.45) is 0. The summed E-state index contributed by atoms with van der Waals surface area (Å²) in [6, 6.07) is -0.653. The van der Waals surface area contributed by atoms with Crippen molar-refractivity contribution in [3.05, 3.63) is 4.91 Å². The molecule has 0 aromatic rings. The van der Waals surface area contributed by atoms with E-state index in [0.29, 0.717) is 0 Å². The number of nitroso groups, excluding NO2 is 1. The molecule has 2 N–H and O–H groups in total. The predicted octanol–water partition coefficient (Wildman–Crippen LogP) is -0.0895. The third-order valence-electron chi connectivity index (χ3n) is 1.15. The van der Waals surface area contributed by atoms with Crippen LogP contribution in [0, 0.1) is 4.91 Å². The molecule has 0 aliphatic heterocycles. The van der Waals surface area contributed by atoms with E-state index in [1.54, 1.807) is 5.43 Å². The number of rotatable bonds is 5. The van der Waals surface area contributed by atoms with Crippen molar-refractivity contribution in [3.63, 3.8) is 0 Å². The number of carbonyl (C=O) groups is 1. The number of aliphatic hydroxyl groups is 1. The van der Waals surface area contributed by atoms with Crippen molar-refractivity contribution in [2.45, 2.75) is 0 Å². The Kier molecular flexibility index (Phi) is 6.31. The second kappa shape index (κ2) is 6.81. The van der Waals surface area contributed by atoms with E-state index >= 15 is 0 Å². The van der Waals surface area contributed by atoms with Crippen LogP contribution in [0.4, 0.5) is 4.79 Å². The smallest absolute Gasteiger partial charge is 0.340 e. The molecule has 0 spiro atoms. The van der Waals surface area contributed by atoms with Gasteiger partial charge in [0, 0.05) is 19.0 Å². The third-order valence-corrected chi connectivity index (χ3v) is 1.32. The van der Waals surface area contributed by atoms with E-state index in [1.807, 2.05) is 0 Å². The minimum atomic E-state index is -0.653. The largest absolute Gasteiger partial charge is 0.395 e. The molecular formula is C5H10ClN3O3. The summed E-state index contributed by atoms with van der Waals surface area (Å²) in [5, 5.41) is 10.7. The molecule has 0 aliphatic rings. The van der Waals surface area contributed by atoms with Crippen LogP contribution in [0.25, 0.3) is 0 Å². The molecule has 0 atom stereocenters. The fraction of sp³-hybridized carbons (Fsp3) is 0.800. The van der Waals surface area contributed by atoms with Crippen molar-refractivity contribution in [1.82, 2.24) is 10.3 Å². The highest BCUT2D eigenvalue weighted by Gasteiger charge is 2.10. The van der Waals surface area contributed by atoms with Gasteiger partial charge in [0.2, 0.25) is 0 Å². The molecule has 2 amide bonds. The van der Waals surface area contributed by atoms with E-state index in [-0.39, 0.29) is 25.6 Å². The van der Waals surface area contributed by atoms with Crippen LogP contribution in [-0.2, 0) is 0 Å². The zero-order valence-electron chi connectivity index (χ0n) is 6.36. The van der Waals surface area contributed by atoms with Gasteiger partial charge < -0.3 is 10.0 Å². The minimum absolute atomic E-state index is 0.133. The summed E-state index contributed by atoms with van der Waals surface area (Å²) in [4.78, 5) is 21.7. The Morgan fingerprint density at radius 3 is 2.67 bits per heavy atom. The lowest BCUT2D eigenvalue weighted by atomic mass is 10.5. The molecule has 0 unspecified atom stereocenters. The molecule has 0 bridgehead atoms. The number of nitrogens with zero attached hydrogens (tertiary/aromatic N) is 2.